The van der Waals surface area contributed by atoms with Crippen molar-refractivity contribution in [2.45, 2.75) is 24.7 Å². The lowest BCUT2D eigenvalue weighted by molar-refractivity contribution is 0.102. The largest absolute Gasteiger partial charge is 0.293 e. The van der Waals surface area contributed by atoms with E-state index in [2.05, 4.69) is 6.92 Å². The highest BCUT2D eigenvalue weighted by Gasteiger charge is 2.06. The normalized spacial score (nSPS) is 10.5. The van der Waals surface area contributed by atoms with Crippen LogP contribution < -0.4 is 0 Å². The van der Waals surface area contributed by atoms with Crippen LogP contribution in [0.15, 0.2) is 53.4 Å². The van der Waals surface area contributed by atoms with E-state index in [-0.39, 0.29) is 5.78 Å². The van der Waals surface area contributed by atoms with Gasteiger partial charge in [-0.05, 0) is 36.2 Å². The second-order valence-corrected chi connectivity index (χ2v) is 6.10. The SMILES string of the molecule is CCCc1ccc(C(=O)CSc2ccc(Cl)cc2)cc1. The number of hydrogen-bond donors (Lipinski definition) is 0. The zero-order chi connectivity index (χ0) is 14.4. The van der Waals surface area contributed by atoms with Gasteiger partial charge in [0.2, 0.25) is 0 Å². The van der Waals surface area contributed by atoms with Crippen molar-refractivity contribution in [3.05, 3.63) is 64.7 Å². The molecule has 1 nitrogen and oxygen atoms in total. The quantitative estimate of drug-likeness (QED) is 0.534. The van der Waals surface area contributed by atoms with Crippen molar-refractivity contribution < 1.29 is 4.79 Å². The molecule has 0 saturated heterocycles. The average molecular weight is 305 g/mol. The molecular weight excluding hydrogens is 288 g/mol. The van der Waals surface area contributed by atoms with E-state index in [9.17, 15) is 4.79 Å². The molecule has 0 bridgehead atoms. The van der Waals surface area contributed by atoms with Crippen molar-refractivity contribution in [2.75, 3.05) is 5.75 Å². The zero-order valence-electron chi connectivity index (χ0n) is 11.4. The summed E-state index contributed by atoms with van der Waals surface area (Å²) in [5, 5.41) is 0.715. The highest BCUT2D eigenvalue weighted by molar-refractivity contribution is 8.00. The van der Waals surface area contributed by atoms with Gasteiger partial charge in [-0.2, -0.15) is 0 Å². The summed E-state index contributed by atoms with van der Waals surface area (Å²) in [6.45, 7) is 2.15. The Bertz CT molecular complexity index is 561. The van der Waals surface area contributed by atoms with Crippen LogP contribution in [0, 0.1) is 0 Å². The molecule has 0 N–H and O–H groups in total. The Morgan fingerprint density at radius 3 is 2.30 bits per heavy atom. The van der Waals surface area contributed by atoms with Gasteiger partial charge in [-0.15, -0.1) is 11.8 Å². The minimum Gasteiger partial charge on any atom is -0.293 e. The Labute approximate surface area is 129 Å². The topological polar surface area (TPSA) is 17.1 Å². The summed E-state index contributed by atoms with van der Waals surface area (Å²) in [5.41, 5.74) is 2.07. The Balaban J connectivity index is 1.92. The maximum Gasteiger partial charge on any atom is 0.173 e. The van der Waals surface area contributed by atoms with Gasteiger partial charge >= 0.3 is 0 Å². The van der Waals surface area contributed by atoms with Crippen molar-refractivity contribution in [1.29, 1.82) is 0 Å². The summed E-state index contributed by atoms with van der Waals surface area (Å²) in [6.07, 6.45) is 2.19. The highest BCUT2D eigenvalue weighted by atomic mass is 35.5. The van der Waals surface area contributed by atoms with E-state index in [1.165, 1.54) is 17.3 Å². The molecule has 0 heterocycles. The monoisotopic (exact) mass is 304 g/mol. The fourth-order valence-electron chi connectivity index (χ4n) is 1.91. The Hall–Kier alpha value is -1.25. The average Bonchev–Trinajstić information content (AvgIpc) is 2.47. The van der Waals surface area contributed by atoms with E-state index in [1.807, 2.05) is 48.5 Å². The van der Waals surface area contributed by atoms with Gasteiger partial charge in [-0.3, -0.25) is 4.79 Å². The zero-order valence-corrected chi connectivity index (χ0v) is 13.0. The van der Waals surface area contributed by atoms with Gasteiger partial charge in [0.1, 0.15) is 0 Å². The fourth-order valence-corrected chi connectivity index (χ4v) is 2.83. The van der Waals surface area contributed by atoms with Crippen LogP contribution >= 0.6 is 23.4 Å². The second kappa shape index (κ2) is 7.51. The van der Waals surface area contributed by atoms with Gasteiger partial charge in [0.25, 0.3) is 0 Å². The van der Waals surface area contributed by atoms with Gasteiger partial charge in [0.15, 0.2) is 5.78 Å². The molecule has 2 rings (SSSR count). The molecule has 0 aliphatic heterocycles. The fraction of sp³-hybridized carbons (Fsp3) is 0.235. The van der Waals surface area contributed by atoms with E-state index in [0.29, 0.717) is 10.8 Å². The first kappa shape index (κ1) is 15.1. The Kier molecular flexibility index (Phi) is 5.69. The van der Waals surface area contributed by atoms with Crippen LogP contribution in [0.25, 0.3) is 0 Å². The molecule has 0 saturated carbocycles. The second-order valence-electron chi connectivity index (χ2n) is 4.61. The van der Waals surface area contributed by atoms with Crippen LogP contribution in [0.3, 0.4) is 0 Å². The van der Waals surface area contributed by atoms with Crippen LogP contribution in [-0.4, -0.2) is 11.5 Å². The molecule has 2 aromatic rings. The number of ketones is 1. The van der Waals surface area contributed by atoms with E-state index < -0.39 is 0 Å². The number of Topliss-reactive ketones (excluding diaryl/α,β-unsaturated/α-hetero) is 1. The summed E-state index contributed by atoms with van der Waals surface area (Å²) in [4.78, 5) is 13.2. The lowest BCUT2D eigenvalue weighted by Crippen LogP contribution is -2.02. The molecule has 0 fully saturated rings. The number of halogens is 1. The summed E-state index contributed by atoms with van der Waals surface area (Å²) >= 11 is 7.37. The highest BCUT2D eigenvalue weighted by Crippen LogP contribution is 2.21. The molecule has 0 aliphatic carbocycles. The number of carbonyl (C=O) groups is 1. The van der Waals surface area contributed by atoms with Gasteiger partial charge in [0, 0.05) is 15.5 Å². The third-order valence-electron chi connectivity index (χ3n) is 3.00. The summed E-state index contributed by atoms with van der Waals surface area (Å²) in [6, 6.07) is 15.5. The van der Waals surface area contributed by atoms with Crippen molar-refractivity contribution in [3.8, 4) is 0 Å². The summed E-state index contributed by atoms with van der Waals surface area (Å²) < 4.78 is 0. The van der Waals surface area contributed by atoms with E-state index in [4.69, 9.17) is 11.6 Å². The standard InChI is InChI=1S/C17H17ClOS/c1-2-3-13-4-6-14(7-5-13)17(19)12-20-16-10-8-15(18)9-11-16/h4-11H,2-3,12H2,1H3. The van der Waals surface area contributed by atoms with Gasteiger partial charge in [0.05, 0.1) is 5.75 Å². The molecule has 20 heavy (non-hydrogen) atoms. The third kappa shape index (κ3) is 4.39. The molecule has 3 heteroatoms. The van der Waals surface area contributed by atoms with Crippen molar-refractivity contribution in [2.24, 2.45) is 0 Å². The lowest BCUT2D eigenvalue weighted by Gasteiger charge is -2.04. The number of rotatable bonds is 6. The Morgan fingerprint density at radius 1 is 1.05 bits per heavy atom. The van der Waals surface area contributed by atoms with Crippen LogP contribution in [0.2, 0.25) is 5.02 Å². The first-order valence-electron chi connectivity index (χ1n) is 6.69. The predicted molar refractivity (Wildman–Crippen MR) is 86.9 cm³/mol. The third-order valence-corrected chi connectivity index (χ3v) is 4.26. The van der Waals surface area contributed by atoms with Crippen molar-refractivity contribution in [1.82, 2.24) is 0 Å². The summed E-state index contributed by atoms with van der Waals surface area (Å²) in [7, 11) is 0. The molecule has 2 aromatic carbocycles. The van der Waals surface area contributed by atoms with Crippen LogP contribution in [0.5, 0.6) is 0 Å². The van der Waals surface area contributed by atoms with E-state index in [0.717, 1.165) is 23.3 Å². The molecule has 0 amide bonds. The molecule has 0 aliphatic rings. The Morgan fingerprint density at radius 2 is 1.70 bits per heavy atom. The molecule has 0 spiro atoms. The van der Waals surface area contributed by atoms with Crippen LogP contribution in [0.1, 0.15) is 29.3 Å². The van der Waals surface area contributed by atoms with Gasteiger partial charge in [-0.1, -0.05) is 49.2 Å². The number of hydrogen-bond acceptors (Lipinski definition) is 2. The van der Waals surface area contributed by atoms with Crippen LogP contribution in [-0.2, 0) is 6.42 Å². The first-order valence-corrected chi connectivity index (χ1v) is 8.06. The van der Waals surface area contributed by atoms with Gasteiger partial charge < -0.3 is 0 Å². The van der Waals surface area contributed by atoms with E-state index in [1.54, 1.807) is 0 Å². The number of carbonyl (C=O) groups excluding carboxylic acids is 1. The first-order chi connectivity index (χ1) is 9.69. The molecule has 0 radical (unpaired) electrons. The van der Waals surface area contributed by atoms with Crippen molar-refractivity contribution in [3.63, 3.8) is 0 Å². The molecular formula is C17H17ClOS. The number of thioether (sulfide) groups is 1. The molecule has 0 atom stereocenters. The molecule has 0 unspecified atom stereocenters. The van der Waals surface area contributed by atoms with Crippen molar-refractivity contribution >= 4 is 29.1 Å². The number of benzene rings is 2. The molecule has 0 aromatic heterocycles. The maximum atomic E-state index is 12.1. The lowest BCUT2D eigenvalue weighted by atomic mass is 10.1. The molecule has 104 valence electrons. The van der Waals surface area contributed by atoms with E-state index >= 15 is 0 Å². The summed E-state index contributed by atoms with van der Waals surface area (Å²) in [5.74, 6) is 0.613. The smallest absolute Gasteiger partial charge is 0.173 e. The van der Waals surface area contributed by atoms with Crippen LogP contribution in [0.4, 0.5) is 0 Å². The minimum atomic E-state index is 0.160. The predicted octanol–water partition coefficient (Wildman–Crippen LogP) is 5.27. The maximum absolute atomic E-state index is 12.1. The minimum absolute atomic E-state index is 0.160. The number of aryl methyl sites for hydroxylation is 1. The van der Waals surface area contributed by atoms with Gasteiger partial charge in [-0.25, -0.2) is 0 Å².